The van der Waals surface area contributed by atoms with E-state index in [1.807, 2.05) is 25.1 Å². The number of anilines is 1. The lowest BCUT2D eigenvalue weighted by atomic mass is 10.0. The molecule has 0 spiro atoms. The maximum absolute atomic E-state index is 12.7. The summed E-state index contributed by atoms with van der Waals surface area (Å²) in [6.45, 7) is 7.82. The molecule has 0 aliphatic carbocycles. The van der Waals surface area contributed by atoms with Crippen molar-refractivity contribution in [2.24, 2.45) is 0 Å². The molecule has 25 heavy (non-hydrogen) atoms. The first kappa shape index (κ1) is 18.8. The Morgan fingerprint density at radius 1 is 1.20 bits per heavy atom. The van der Waals surface area contributed by atoms with E-state index >= 15 is 0 Å². The molecule has 0 saturated carbocycles. The second-order valence-electron chi connectivity index (χ2n) is 6.62. The van der Waals surface area contributed by atoms with Crippen molar-refractivity contribution in [3.63, 3.8) is 0 Å². The summed E-state index contributed by atoms with van der Waals surface area (Å²) >= 11 is 0. The topological polar surface area (TPSA) is 87.7 Å². The van der Waals surface area contributed by atoms with Crippen LogP contribution in [0.4, 0.5) is 5.69 Å². The van der Waals surface area contributed by atoms with Crippen molar-refractivity contribution in [1.82, 2.24) is 10.6 Å². The van der Waals surface area contributed by atoms with Gasteiger partial charge in [-0.25, -0.2) is 0 Å². The summed E-state index contributed by atoms with van der Waals surface area (Å²) in [4.78, 5) is 37.1. The Morgan fingerprint density at radius 3 is 2.56 bits per heavy atom. The number of amides is 3. The molecule has 7 heteroatoms. The molecule has 0 fully saturated rings. The Hall–Kier alpha value is -2.57. The van der Waals surface area contributed by atoms with Crippen molar-refractivity contribution in [3.8, 4) is 5.75 Å². The molecule has 7 nitrogen and oxygen atoms in total. The average molecular weight is 347 g/mol. The molecule has 1 aromatic rings. The van der Waals surface area contributed by atoms with E-state index in [1.165, 1.54) is 6.92 Å². The molecule has 0 unspecified atom stereocenters. The highest BCUT2D eigenvalue weighted by atomic mass is 16.5. The fourth-order valence-electron chi connectivity index (χ4n) is 2.64. The van der Waals surface area contributed by atoms with Crippen LogP contribution >= 0.6 is 0 Å². The third kappa shape index (κ3) is 4.71. The van der Waals surface area contributed by atoms with Gasteiger partial charge in [-0.1, -0.05) is 6.07 Å². The highest BCUT2D eigenvalue weighted by Crippen LogP contribution is 2.38. The average Bonchev–Trinajstić information content (AvgIpc) is 2.52. The van der Waals surface area contributed by atoms with Gasteiger partial charge in [-0.2, -0.15) is 0 Å². The van der Waals surface area contributed by atoms with E-state index in [0.29, 0.717) is 24.5 Å². The third-order valence-corrected chi connectivity index (χ3v) is 3.91. The molecule has 2 rings (SSSR count). The lowest BCUT2D eigenvalue weighted by molar-refractivity contribution is -0.132. The zero-order valence-corrected chi connectivity index (χ0v) is 15.1. The largest absolute Gasteiger partial charge is 0.476 e. The van der Waals surface area contributed by atoms with Gasteiger partial charge in [0.25, 0.3) is 5.91 Å². The van der Waals surface area contributed by atoms with Gasteiger partial charge in [0, 0.05) is 33.0 Å². The second kappa shape index (κ2) is 7.55. The van der Waals surface area contributed by atoms with E-state index < -0.39 is 5.60 Å². The molecule has 0 aromatic heterocycles. The molecule has 1 aromatic carbocycles. The van der Waals surface area contributed by atoms with Crippen molar-refractivity contribution in [1.29, 1.82) is 0 Å². The Labute approximate surface area is 147 Å². The van der Waals surface area contributed by atoms with Crippen molar-refractivity contribution >= 4 is 23.4 Å². The molecule has 1 aliphatic rings. The highest BCUT2D eigenvalue weighted by Gasteiger charge is 2.40. The number of benzene rings is 1. The molecule has 1 heterocycles. The molecule has 0 radical (unpaired) electrons. The van der Waals surface area contributed by atoms with Crippen molar-refractivity contribution in [3.05, 3.63) is 23.8 Å². The standard InChI is InChI=1S/C18H25N3O4/c1-12-5-6-15-14(11-12)21(17(24)18(3,4)25-15)10-7-16(23)20-9-8-19-13(2)22/h5-6,11H,7-10H2,1-4H3,(H,19,22)(H,20,23). The molecule has 0 atom stereocenters. The zero-order valence-electron chi connectivity index (χ0n) is 15.1. The van der Waals surface area contributed by atoms with E-state index in [9.17, 15) is 14.4 Å². The van der Waals surface area contributed by atoms with Crippen LogP contribution in [0.1, 0.15) is 32.8 Å². The fraction of sp³-hybridized carbons (Fsp3) is 0.500. The first-order valence-corrected chi connectivity index (χ1v) is 8.33. The minimum Gasteiger partial charge on any atom is -0.476 e. The molecule has 136 valence electrons. The van der Waals surface area contributed by atoms with E-state index in [4.69, 9.17) is 4.74 Å². The number of aryl methyl sites for hydroxylation is 1. The monoisotopic (exact) mass is 347 g/mol. The Balaban J connectivity index is 2.00. The van der Waals surface area contributed by atoms with Gasteiger partial charge >= 0.3 is 0 Å². The van der Waals surface area contributed by atoms with Gasteiger partial charge in [-0.3, -0.25) is 14.4 Å². The van der Waals surface area contributed by atoms with Gasteiger partial charge < -0.3 is 20.3 Å². The number of rotatable bonds is 6. The van der Waals surface area contributed by atoms with Gasteiger partial charge in [-0.15, -0.1) is 0 Å². The predicted octanol–water partition coefficient (Wildman–Crippen LogP) is 1.14. The van der Waals surface area contributed by atoms with Crippen LogP contribution in [0.5, 0.6) is 5.75 Å². The van der Waals surface area contributed by atoms with E-state index in [1.54, 1.807) is 18.7 Å². The lowest BCUT2D eigenvalue weighted by Gasteiger charge is -2.38. The maximum Gasteiger partial charge on any atom is 0.270 e. The first-order valence-electron chi connectivity index (χ1n) is 8.33. The van der Waals surface area contributed by atoms with Gasteiger partial charge in [-0.05, 0) is 38.5 Å². The number of hydrogen-bond donors (Lipinski definition) is 2. The number of hydrogen-bond acceptors (Lipinski definition) is 4. The van der Waals surface area contributed by atoms with Crippen LogP contribution in [0.25, 0.3) is 0 Å². The zero-order chi connectivity index (χ0) is 18.6. The summed E-state index contributed by atoms with van der Waals surface area (Å²) < 4.78 is 5.79. The van der Waals surface area contributed by atoms with Crippen LogP contribution < -0.4 is 20.3 Å². The summed E-state index contributed by atoms with van der Waals surface area (Å²) in [5, 5.41) is 5.33. The highest BCUT2D eigenvalue weighted by molar-refractivity contribution is 6.02. The van der Waals surface area contributed by atoms with Crippen molar-refractivity contribution < 1.29 is 19.1 Å². The van der Waals surface area contributed by atoms with Gasteiger partial charge in [0.05, 0.1) is 5.69 Å². The molecule has 0 saturated heterocycles. The van der Waals surface area contributed by atoms with Crippen LogP contribution in [0, 0.1) is 6.92 Å². The number of carbonyl (C=O) groups is 3. The molecule has 1 aliphatic heterocycles. The molecule has 0 bridgehead atoms. The number of carbonyl (C=O) groups excluding carboxylic acids is 3. The van der Waals surface area contributed by atoms with Gasteiger partial charge in [0.15, 0.2) is 5.60 Å². The molecule has 2 N–H and O–H groups in total. The number of nitrogens with zero attached hydrogens (tertiary/aromatic N) is 1. The second-order valence-corrected chi connectivity index (χ2v) is 6.62. The van der Waals surface area contributed by atoms with E-state index in [2.05, 4.69) is 10.6 Å². The van der Waals surface area contributed by atoms with Crippen molar-refractivity contribution in [2.45, 2.75) is 39.7 Å². The number of nitrogens with one attached hydrogen (secondary N) is 2. The molecular weight excluding hydrogens is 322 g/mol. The van der Waals surface area contributed by atoms with Crippen molar-refractivity contribution in [2.75, 3.05) is 24.5 Å². The summed E-state index contributed by atoms with van der Waals surface area (Å²) in [5.74, 6) is 0.164. The smallest absolute Gasteiger partial charge is 0.270 e. The van der Waals surface area contributed by atoms with Gasteiger partial charge in [0.1, 0.15) is 5.75 Å². The quantitative estimate of drug-likeness (QED) is 0.756. The summed E-state index contributed by atoms with van der Waals surface area (Å²) in [6, 6.07) is 5.66. The Kier molecular flexibility index (Phi) is 5.66. The molecule has 3 amide bonds. The summed E-state index contributed by atoms with van der Waals surface area (Å²) in [7, 11) is 0. The maximum atomic E-state index is 12.7. The summed E-state index contributed by atoms with van der Waals surface area (Å²) in [5.41, 5.74) is 0.736. The van der Waals surface area contributed by atoms with E-state index in [-0.39, 0.29) is 30.7 Å². The van der Waals surface area contributed by atoms with Crippen LogP contribution in [0.3, 0.4) is 0 Å². The SMILES string of the molecule is CC(=O)NCCNC(=O)CCN1C(=O)C(C)(C)Oc2ccc(C)cc21. The predicted molar refractivity (Wildman–Crippen MR) is 94.5 cm³/mol. The number of fused-ring (bicyclic) bond motifs is 1. The van der Waals surface area contributed by atoms with Crippen LogP contribution in [-0.4, -0.2) is 43.0 Å². The Morgan fingerprint density at radius 2 is 1.88 bits per heavy atom. The number of ether oxygens (including phenoxy) is 1. The molecular formula is C18H25N3O4. The minimum absolute atomic E-state index is 0.137. The van der Waals surface area contributed by atoms with Crippen LogP contribution in [0.15, 0.2) is 18.2 Å². The van der Waals surface area contributed by atoms with Crippen LogP contribution in [0.2, 0.25) is 0 Å². The normalized spacial score (nSPS) is 15.2. The van der Waals surface area contributed by atoms with Crippen LogP contribution in [-0.2, 0) is 14.4 Å². The fourth-order valence-corrected chi connectivity index (χ4v) is 2.64. The Bertz CT molecular complexity index is 685. The minimum atomic E-state index is -0.968. The first-order chi connectivity index (χ1) is 11.7. The summed E-state index contributed by atoms with van der Waals surface area (Å²) in [6.07, 6.45) is 0.176. The lowest BCUT2D eigenvalue weighted by Crippen LogP contribution is -2.53. The third-order valence-electron chi connectivity index (χ3n) is 3.91. The van der Waals surface area contributed by atoms with E-state index in [0.717, 1.165) is 5.56 Å². The van der Waals surface area contributed by atoms with Gasteiger partial charge in [0.2, 0.25) is 11.8 Å².